The lowest BCUT2D eigenvalue weighted by Gasteiger charge is -2.42. The summed E-state index contributed by atoms with van der Waals surface area (Å²) in [7, 11) is 0. The van der Waals surface area contributed by atoms with Crippen molar-refractivity contribution < 1.29 is 14.3 Å². The van der Waals surface area contributed by atoms with Crippen LogP contribution in [-0.4, -0.2) is 27.8 Å². The van der Waals surface area contributed by atoms with Gasteiger partial charge < -0.3 is 15.2 Å². The van der Waals surface area contributed by atoms with E-state index in [0.29, 0.717) is 35.9 Å². The number of rotatable bonds is 2. The number of anilines is 1. The predicted octanol–water partition coefficient (Wildman–Crippen LogP) is 2.47. The molecule has 9 nitrogen and oxygen atoms in total. The molecular formula is C21H20N6O3. The second-order valence-corrected chi connectivity index (χ2v) is 8.40. The topological polar surface area (TPSA) is 130 Å². The average Bonchev–Trinajstić information content (AvgIpc) is 3.37. The first-order valence-electron chi connectivity index (χ1n) is 9.60. The average molecular weight is 404 g/mol. The summed E-state index contributed by atoms with van der Waals surface area (Å²) in [6.07, 6.45) is 2.36. The Hall–Kier alpha value is -3.80. The van der Waals surface area contributed by atoms with Gasteiger partial charge in [-0.05, 0) is 29.5 Å². The van der Waals surface area contributed by atoms with Crippen molar-refractivity contribution in [1.82, 2.24) is 15.2 Å². The molecular weight excluding hydrogens is 384 g/mol. The fraction of sp³-hybridized carbons (Fsp3) is 0.333. The molecule has 1 unspecified atom stereocenters. The number of nitriles is 1. The van der Waals surface area contributed by atoms with Gasteiger partial charge in [0, 0.05) is 17.7 Å². The van der Waals surface area contributed by atoms with E-state index in [9.17, 15) is 10.1 Å². The molecule has 1 atom stereocenters. The zero-order chi connectivity index (χ0) is 21.0. The largest absolute Gasteiger partial charge is 0.454 e. The first-order chi connectivity index (χ1) is 14.4. The van der Waals surface area contributed by atoms with Gasteiger partial charge in [0.25, 0.3) is 0 Å². The van der Waals surface area contributed by atoms with E-state index >= 15 is 0 Å². The Morgan fingerprint density at radius 2 is 2.10 bits per heavy atom. The normalized spacial score (nSPS) is 22.2. The number of hydrogen-bond donors (Lipinski definition) is 2. The molecule has 5 rings (SSSR count). The molecule has 9 heteroatoms. The van der Waals surface area contributed by atoms with Crippen molar-refractivity contribution in [3.05, 3.63) is 52.8 Å². The van der Waals surface area contributed by atoms with E-state index in [1.165, 1.54) is 6.33 Å². The van der Waals surface area contributed by atoms with Crippen LogP contribution in [0, 0.1) is 16.7 Å². The molecule has 2 aromatic rings. The van der Waals surface area contributed by atoms with E-state index in [1.54, 1.807) is 11.0 Å². The number of aromatic nitrogens is 3. The zero-order valence-electron chi connectivity index (χ0n) is 16.6. The summed E-state index contributed by atoms with van der Waals surface area (Å²) in [5, 5.41) is 16.8. The van der Waals surface area contributed by atoms with Crippen LogP contribution >= 0.6 is 0 Å². The highest BCUT2D eigenvalue weighted by molar-refractivity contribution is 6.01. The first-order valence-corrected chi connectivity index (χ1v) is 9.60. The first kappa shape index (κ1) is 18.2. The Morgan fingerprint density at radius 3 is 2.83 bits per heavy atom. The van der Waals surface area contributed by atoms with Gasteiger partial charge in [0.2, 0.25) is 12.7 Å². The molecule has 0 fully saturated rings. The van der Waals surface area contributed by atoms with Crippen molar-refractivity contribution in [1.29, 1.82) is 5.26 Å². The van der Waals surface area contributed by atoms with Crippen LogP contribution in [0.2, 0.25) is 0 Å². The van der Waals surface area contributed by atoms with E-state index in [2.05, 4.69) is 21.3 Å². The molecule has 1 aliphatic carbocycles. The maximum absolute atomic E-state index is 13.4. The number of hydrogen-bond acceptors (Lipinski definition) is 8. The van der Waals surface area contributed by atoms with Gasteiger partial charge in [-0.3, -0.25) is 9.69 Å². The summed E-state index contributed by atoms with van der Waals surface area (Å²) >= 11 is 0. The number of carbonyl (C=O) groups is 1. The summed E-state index contributed by atoms with van der Waals surface area (Å²) in [5.41, 5.74) is 8.61. The number of carbonyl (C=O) groups excluding carboxylic acids is 1. The Kier molecular flexibility index (Phi) is 3.86. The number of nitrogens with one attached hydrogen (secondary N) is 1. The van der Waals surface area contributed by atoms with E-state index in [1.807, 2.05) is 26.0 Å². The highest BCUT2D eigenvalue weighted by Gasteiger charge is 2.45. The number of ketones is 1. The third-order valence-corrected chi connectivity index (χ3v) is 5.73. The fourth-order valence-electron chi connectivity index (χ4n) is 4.48. The summed E-state index contributed by atoms with van der Waals surface area (Å²) < 4.78 is 10.9. The van der Waals surface area contributed by atoms with Gasteiger partial charge in [-0.15, -0.1) is 0 Å². The molecule has 0 saturated carbocycles. The minimum absolute atomic E-state index is 0.00585. The summed E-state index contributed by atoms with van der Waals surface area (Å²) in [6.45, 7) is 4.23. The van der Waals surface area contributed by atoms with Crippen LogP contribution in [0.3, 0.4) is 0 Å². The number of nitrogens with two attached hydrogens (primary N) is 1. The zero-order valence-corrected chi connectivity index (χ0v) is 16.6. The highest BCUT2D eigenvalue weighted by Crippen LogP contribution is 2.50. The van der Waals surface area contributed by atoms with E-state index in [4.69, 9.17) is 15.2 Å². The second kappa shape index (κ2) is 6.35. The number of benzene rings is 1. The third kappa shape index (κ3) is 2.64. The number of allylic oxidation sites excluding steroid dienone is 3. The summed E-state index contributed by atoms with van der Waals surface area (Å²) in [4.78, 5) is 19.3. The molecule has 1 aromatic carbocycles. The van der Waals surface area contributed by atoms with Crippen molar-refractivity contribution in [2.24, 2.45) is 11.1 Å². The number of nitrogens with zero attached hydrogens (tertiary/aromatic N) is 4. The molecule has 30 heavy (non-hydrogen) atoms. The van der Waals surface area contributed by atoms with Crippen molar-refractivity contribution in [2.45, 2.75) is 32.6 Å². The van der Waals surface area contributed by atoms with E-state index in [-0.39, 0.29) is 29.4 Å². The number of H-pyrrole nitrogens is 1. The molecule has 2 aliphatic heterocycles. The van der Waals surface area contributed by atoms with Crippen molar-refractivity contribution >= 4 is 11.7 Å². The maximum Gasteiger partial charge on any atom is 0.231 e. The summed E-state index contributed by atoms with van der Waals surface area (Å²) in [6, 6.07) is 7.69. The van der Waals surface area contributed by atoms with Crippen molar-refractivity contribution in [2.75, 3.05) is 11.7 Å². The molecule has 0 spiro atoms. The standard InChI is InChI=1S/C21H20N6O3/c1-21(2)6-13-18(14(28)7-21)17(11-3-4-15-16(5-11)30-10-29-15)12(8-22)19(23)27(13)20-24-9-25-26-20/h3-5,9,17H,6-7,10,23H2,1-2H3,(H,24,25,26). The van der Waals surface area contributed by atoms with Crippen LogP contribution in [0.4, 0.5) is 5.95 Å². The van der Waals surface area contributed by atoms with Crippen LogP contribution in [0.5, 0.6) is 11.5 Å². The molecule has 0 saturated heterocycles. The molecule has 0 radical (unpaired) electrons. The predicted molar refractivity (Wildman–Crippen MR) is 106 cm³/mol. The fourth-order valence-corrected chi connectivity index (χ4v) is 4.48. The van der Waals surface area contributed by atoms with Crippen LogP contribution < -0.4 is 20.1 Å². The van der Waals surface area contributed by atoms with Gasteiger partial charge in [0.1, 0.15) is 12.1 Å². The van der Waals surface area contributed by atoms with Gasteiger partial charge in [-0.25, -0.2) is 5.10 Å². The lowest BCUT2D eigenvalue weighted by atomic mass is 9.68. The Labute approximate surface area is 172 Å². The van der Waals surface area contributed by atoms with Gasteiger partial charge in [-0.1, -0.05) is 19.9 Å². The molecule has 152 valence electrons. The lowest BCUT2D eigenvalue weighted by molar-refractivity contribution is -0.118. The van der Waals surface area contributed by atoms with Gasteiger partial charge in [0.05, 0.1) is 17.6 Å². The van der Waals surface area contributed by atoms with Gasteiger partial charge >= 0.3 is 0 Å². The lowest BCUT2D eigenvalue weighted by Crippen LogP contribution is -2.42. The molecule has 0 bridgehead atoms. The van der Waals surface area contributed by atoms with Crippen molar-refractivity contribution in [3.63, 3.8) is 0 Å². The highest BCUT2D eigenvalue weighted by atomic mass is 16.7. The van der Waals surface area contributed by atoms with Gasteiger partial charge in [-0.2, -0.15) is 15.3 Å². The molecule has 3 heterocycles. The SMILES string of the molecule is CC1(C)CC(=O)C2=C(C1)N(c1ncn[nH]1)C(N)=C(C#N)C2c1ccc2c(c1)OCO2. The Morgan fingerprint density at radius 1 is 1.30 bits per heavy atom. The van der Waals surface area contributed by atoms with Crippen LogP contribution in [-0.2, 0) is 4.79 Å². The Bertz CT molecular complexity index is 1160. The van der Waals surface area contributed by atoms with Crippen LogP contribution in [0.15, 0.2) is 47.2 Å². The smallest absolute Gasteiger partial charge is 0.231 e. The quantitative estimate of drug-likeness (QED) is 0.781. The Balaban J connectivity index is 1.75. The maximum atomic E-state index is 13.4. The number of fused-ring (bicyclic) bond motifs is 1. The number of Topliss-reactive ketones (excluding diaryl/α,β-unsaturated/α-hetero) is 1. The van der Waals surface area contributed by atoms with Gasteiger partial charge in [0.15, 0.2) is 17.3 Å². The number of aromatic amines is 1. The molecule has 0 amide bonds. The molecule has 3 aliphatic rings. The van der Waals surface area contributed by atoms with E-state index in [0.717, 1.165) is 11.3 Å². The molecule has 1 aromatic heterocycles. The monoisotopic (exact) mass is 404 g/mol. The molecule has 3 N–H and O–H groups in total. The second-order valence-electron chi connectivity index (χ2n) is 8.40. The third-order valence-electron chi connectivity index (χ3n) is 5.73. The minimum atomic E-state index is -0.581. The number of ether oxygens (including phenoxy) is 2. The van der Waals surface area contributed by atoms with Crippen LogP contribution in [0.1, 0.15) is 38.2 Å². The van der Waals surface area contributed by atoms with E-state index < -0.39 is 5.92 Å². The van der Waals surface area contributed by atoms with Crippen molar-refractivity contribution in [3.8, 4) is 17.6 Å². The van der Waals surface area contributed by atoms with Crippen LogP contribution in [0.25, 0.3) is 0 Å². The summed E-state index contributed by atoms with van der Waals surface area (Å²) in [5.74, 6) is 1.25. The minimum Gasteiger partial charge on any atom is -0.454 e.